The Labute approximate surface area is 99.9 Å². The van der Waals surface area contributed by atoms with Crippen LogP contribution in [0.2, 0.25) is 5.02 Å². The van der Waals surface area contributed by atoms with Crippen molar-refractivity contribution >= 4 is 23.0 Å². The van der Waals surface area contributed by atoms with Crippen molar-refractivity contribution in [2.24, 2.45) is 0 Å². The van der Waals surface area contributed by atoms with Gasteiger partial charge in [0.25, 0.3) is 0 Å². The molecule has 0 radical (unpaired) electrons. The number of rotatable bonds is 2. The molecule has 0 saturated carbocycles. The van der Waals surface area contributed by atoms with Gasteiger partial charge < -0.3 is 20.1 Å². The highest BCUT2D eigenvalue weighted by atomic mass is 35.5. The molecular formula is C11H15ClN2O2. The first-order valence-electron chi connectivity index (χ1n) is 5.18. The van der Waals surface area contributed by atoms with Gasteiger partial charge in [0.05, 0.1) is 31.0 Å². The maximum Gasteiger partial charge on any atom is 0.145 e. The highest BCUT2D eigenvalue weighted by Gasteiger charge is 2.19. The number of nitrogen functional groups attached to an aromatic ring is 1. The summed E-state index contributed by atoms with van der Waals surface area (Å²) < 4.78 is 10.6. The minimum absolute atomic E-state index is 0.610. The maximum atomic E-state index is 6.20. The molecule has 1 aromatic rings. The molecule has 16 heavy (non-hydrogen) atoms. The van der Waals surface area contributed by atoms with Crippen molar-refractivity contribution in [2.75, 3.05) is 44.0 Å². The Kier molecular flexibility index (Phi) is 3.41. The summed E-state index contributed by atoms with van der Waals surface area (Å²) in [6.07, 6.45) is 0. The fourth-order valence-electron chi connectivity index (χ4n) is 1.84. The Balaban J connectivity index is 2.37. The van der Waals surface area contributed by atoms with E-state index >= 15 is 0 Å². The Hall–Kier alpha value is -1.13. The van der Waals surface area contributed by atoms with E-state index in [4.69, 9.17) is 26.8 Å². The quantitative estimate of drug-likeness (QED) is 0.803. The van der Waals surface area contributed by atoms with Crippen LogP contribution in [0, 0.1) is 0 Å². The molecule has 1 saturated heterocycles. The van der Waals surface area contributed by atoms with Crippen molar-refractivity contribution in [2.45, 2.75) is 0 Å². The van der Waals surface area contributed by atoms with Gasteiger partial charge in [-0.2, -0.15) is 0 Å². The first-order valence-corrected chi connectivity index (χ1v) is 5.56. The SMILES string of the molecule is COc1cc(N)cc(Cl)c1N1CCOCC1. The smallest absolute Gasteiger partial charge is 0.145 e. The maximum absolute atomic E-state index is 6.20. The van der Waals surface area contributed by atoms with Gasteiger partial charge in [-0.25, -0.2) is 0 Å². The van der Waals surface area contributed by atoms with Gasteiger partial charge in [-0.1, -0.05) is 11.6 Å². The molecule has 2 N–H and O–H groups in total. The van der Waals surface area contributed by atoms with Gasteiger partial charge in [0.1, 0.15) is 5.75 Å². The fraction of sp³-hybridized carbons (Fsp3) is 0.455. The average Bonchev–Trinajstić information content (AvgIpc) is 2.29. The number of nitrogens with zero attached hydrogens (tertiary/aromatic N) is 1. The largest absolute Gasteiger partial charge is 0.494 e. The molecule has 1 aromatic carbocycles. The van der Waals surface area contributed by atoms with Crippen LogP contribution in [-0.4, -0.2) is 33.4 Å². The molecular weight excluding hydrogens is 228 g/mol. The molecule has 2 rings (SSSR count). The van der Waals surface area contributed by atoms with Crippen molar-refractivity contribution in [1.82, 2.24) is 0 Å². The summed E-state index contributed by atoms with van der Waals surface area (Å²) in [6, 6.07) is 3.53. The van der Waals surface area contributed by atoms with E-state index in [1.807, 2.05) is 0 Å². The highest BCUT2D eigenvalue weighted by Crippen LogP contribution is 2.38. The molecule has 88 valence electrons. The number of ether oxygens (including phenoxy) is 2. The summed E-state index contributed by atoms with van der Waals surface area (Å²) in [7, 11) is 1.62. The lowest BCUT2D eigenvalue weighted by Crippen LogP contribution is -2.36. The third-order valence-corrected chi connectivity index (χ3v) is 2.89. The normalized spacial score (nSPS) is 16.2. The van der Waals surface area contributed by atoms with E-state index in [0.717, 1.165) is 18.8 Å². The number of morpholine rings is 1. The van der Waals surface area contributed by atoms with E-state index in [2.05, 4.69) is 4.90 Å². The summed E-state index contributed by atoms with van der Waals surface area (Å²) in [5.74, 6) is 0.715. The second-order valence-corrected chi connectivity index (χ2v) is 4.06. The lowest BCUT2D eigenvalue weighted by Gasteiger charge is -2.30. The second-order valence-electron chi connectivity index (χ2n) is 3.65. The Morgan fingerprint density at radius 3 is 2.69 bits per heavy atom. The number of methoxy groups -OCH3 is 1. The van der Waals surface area contributed by atoms with Crippen LogP contribution in [0.4, 0.5) is 11.4 Å². The van der Waals surface area contributed by atoms with Gasteiger partial charge in [-0.05, 0) is 6.07 Å². The van der Waals surface area contributed by atoms with Crippen LogP contribution in [0.5, 0.6) is 5.75 Å². The van der Waals surface area contributed by atoms with Crippen LogP contribution in [0.1, 0.15) is 0 Å². The van der Waals surface area contributed by atoms with Crippen LogP contribution in [0.25, 0.3) is 0 Å². The van der Waals surface area contributed by atoms with Gasteiger partial charge in [0.2, 0.25) is 0 Å². The molecule has 5 heteroatoms. The van der Waals surface area contributed by atoms with E-state index in [0.29, 0.717) is 29.7 Å². The predicted molar refractivity (Wildman–Crippen MR) is 65.4 cm³/mol. The van der Waals surface area contributed by atoms with E-state index < -0.39 is 0 Å². The summed E-state index contributed by atoms with van der Waals surface area (Å²) >= 11 is 6.20. The van der Waals surface area contributed by atoms with Gasteiger partial charge in [-0.3, -0.25) is 0 Å². The molecule has 0 aliphatic carbocycles. The van der Waals surface area contributed by atoms with Crippen LogP contribution < -0.4 is 15.4 Å². The Bertz CT molecular complexity index is 378. The number of anilines is 2. The molecule has 1 fully saturated rings. The minimum atomic E-state index is 0.610. The minimum Gasteiger partial charge on any atom is -0.494 e. The summed E-state index contributed by atoms with van der Waals surface area (Å²) in [5.41, 5.74) is 7.24. The lowest BCUT2D eigenvalue weighted by atomic mass is 10.2. The van der Waals surface area contributed by atoms with E-state index in [-0.39, 0.29) is 0 Å². The molecule has 0 unspecified atom stereocenters. The van der Waals surface area contributed by atoms with Gasteiger partial charge in [0.15, 0.2) is 0 Å². The van der Waals surface area contributed by atoms with Crippen LogP contribution >= 0.6 is 11.6 Å². The fourth-order valence-corrected chi connectivity index (χ4v) is 2.18. The second kappa shape index (κ2) is 4.80. The van der Waals surface area contributed by atoms with Gasteiger partial charge >= 0.3 is 0 Å². The first kappa shape index (κ1) is 11.4. The van der Waals surface area contributed by atoms with Crippen LogP contribution in [0.3, 0.4) is 0 Å². The number of nitrogens with two attached hydrogens (primary N) is 1. The molecule has 1 aliphatic heterocycles. The van der Waals surface area contributed by atoms with Crippen molar-refractivity contribution in [3.63, 3.8) is 0 Å². The summed E-state index contributed by atoms with van der Waals surface area (Å²) in [6.45, 7) is 3.06. The highest BCUT2D eigenvalue weighted by molar-refractivity contribution is 6.34. The molecule has 4 nitrogen and oxygen atoms in total. The van der Waals surface area contributed by atoms with Crippen molar-refractivity contribution < 1.29 is 9.47 Å². The van der Waals surface area contributed by atoms with E-state index in [9.17, 15) is 0 Å². The van der Waals surface area contributed by atoms with Gasteiger partial charge in [-0.15, -0.1) is 0 Å². The third kappa shape index (κ3) is 2.18. The standard InChI is InChI=1S/C11H15ClN2O2/c1-15-10-7-8(13)6-9(12)11(10)14-2-4-16-5-3-14/h6-7H,2-5,13H2,1H3. The molecule has 0 aromatic heterocycles. The van der Waals surface area contributed by atoms with Crippen molar-refractivity contribution in [3.8, 4) is 5.75 Å². The van der Waals surface area contributed by atoms with Crippen molar-refractivity contribution in [3.05, 3.63) is 17.2 Å². The topological polar surface area (TPSA) is 47.7 Å². The lowest BCUT2D eigenvalue weighted by molar-refractivity contribution is 0.122. The zero-order chi connectivity index (χ0) is 11.5. The van der Waals surface area contributed by atoms with Gasteiger partial charge in [0, 0.05) is 24.8 Å². The number of hydrogen-bond donors (Lipinski definition) is 1. The average molecular weight is 243 g/mol. The molecule has 1 aliphatic rings. The zero-order valence-electron chi connectivity index (χ0n) is 9.20. The molecule has 0 spiro atoms. The predicted octanol–water partition coefficient (Wildman–Crippen LogP) is 1.77. The molecule has 0 bridgehead atoms. The van der Waals surface area contributed by atoms with Crippen LogP contribution in [0.15, 0.2) is 12.1 Å². The number of benzene rings is 1. The van der Waals surface area contributed by atoms with Crippen LogP contribution in [-0.2, 0) is 4.74 Å². The summed E-state index contributed by atoms with van der Waals surface area (Å²) in [5, 5.41) is 0.624. The third-order valence-electron chi connectivity index (χ3n) is 2.60. The Morgan fingerprint density at radius 2 is 2.06 bits per heavy atom. The molecule has 1 heterocycles. The molecule has 0 amide bonds. The first-order chi connectivity index (χ1) is 7.72. The monoisotopic (exact) mass is 242 g/mol. The zero-order valence-corrected chi connectivity index (χ0v) is 9.96. The number of hydrogen-bond acceptors (Lipinski definition) is 4. The summed E-state index contributed by atoms with van der Waals surface area (Å²) in [4.78, 5) is 2.16. The Morgan fingerprint density at radius 1 is 1.38 bits per heavy atom. The van der Waals surface area contributed by atoms with E-state index in [1.165, 1.54) is 0 Å². The van der Waals surface area contributed by atoms with Crippen molar-refractivity contribution in [1.29, 1.82) is 0 Å². The number of halogens is 1. The molecule has 0 atom stereocenters. The van der Waals surface area contributed by atoms with E-state index in [1.54, 1.807) is 19.2 Å².